The first-order valence-corrected chi connectivity index (χ1v) is 2.86. The van der Waals surface area contributed by atoms with E-state index in [9.17, 15) is 0 Å². The van der Waals surface area contributed by atoms with E-state index in [-0.39, 0.29) is 0 Å². The van der Waals surface area contributed by atoms with Crippen LogP contribution in [0, 0.1) is 0 Å². The van der Waals surface area contributed by atoms with Crippen molar-refractivity contribution in [2.75, 3.05) is 6.54 Å². The molecule has 2 N–H and O–H groups in total. The van der Waals surface area contributed by atoms with Crippen LogP contribution in [0.15, 0.2) is 0 Å². The zero-order valence-corrected chi connectivity index (χ0v) is 5.26. The molecule has 0 radical (unpaired) electrons. The fourth-order valence-electron chi connectivity index (χ4n) is 0.494. The van der Waals surface area contributed by atoms with E-state index in [0.717, 1.165) is 6.54 Å². The van der Waals surface area contributed by atoms with Gasteiger partial charge in [-0.1, -0.05) is 12.1 Å². The first-order valence-electron chi connectivity index (χ1n) is 2.86. The summed E-state index contributed by atoms with van der Waals surface area (Å²) in [4.78, 5) is 0. The van der Waals surface area contributed by atoms with Gasteiger partial charge in [0.2, 0.25) is 0 Å². The minimum Gasteiger partial charge on any atom is -0.310 e. The zero-order valence-electron chi connectivity index (χ0n) is 5.26. The van der Waals surface area contributed by atoms with Crippen molar-refractivity contribution in [1.82, 2.24) is 25.9 Å². The first-order chi connectivity index (χ1) is 4.43. The predicted molar refractivity (Wildman–Crippen MR) is 31.6 cm³/mol. The van der Waals surface area contributed by atoms with Gasteiger partial charge in [-0.25, -0.2) is 0 Å². The molecule has 0 saturated carbocycles. The molecule has 0 bridgehead atoms. The number of tetrazole rings is 1. The van der Waals surface area contributed by atoms with Gasteiger partial charge in [0.05, 0.1) is 6.54 Å². The van der Waals surface area contributed by atoms with Crippen LogP contribution in [0.1, 0.15) is 12.7 Å². The van der Waals surface area contributed by atoms with Crippen molar-refractivity contribution in [2.24, 2.45) is 0 Å². The van der Waals surface area contributed by atoms with Gasteiger partial charge in [0.15, 0.2) is 5.82 Å². The molecule has 5 heteroatoms. The molecule has 0 aliphatic rings. The van der Waals surface area contributed by atoms with Gasteiger partial charge in [-0.2, -0.15) is 5.21 Å². The Balaban J connectivity index is 2.30. The third kappa shape index (κ3) is 1.77. The summed E-state index contributed by atoms with van der Waals surface area (Å²) in [6.07, 6.45) is 0. The second kappa shape index (κ2) is 3.13. The molecule has 0 atom stereocenters. The predicted octanol–water partition coefficient (Wildman–Crippen LogP) is -0.691. The molecule has 50 valence electrons. The summed E-state index contributed by atoms with van der Waals surface area (Å²) in [6, 6.07) is 0. The van der Waals surface area contributed by atoms with E-state index < -0.39 is 0 Å². The Hall–Kier alpha value is -0.970. The summed E-state index contributed by atoms with van der Waals surface area (Å²) in [6.45, 7) is 3.64. The van der Waals surface area contributed by atoms with Gasteiger partial charge in [-0.05, 0) is 6.54 Å². The molecule has 0 aromatic carbocycles. The standard InChI is InChI=1S/C4H9N5/c1-2-5-3-4-6-8-9-7-4/h5H,2-3H2,1H3,(H,6,7,8,9). The van der Waals surface area contributed by atoms with Crippen molar-refractivity contribution in [3.63, 3.8) is 0 Å². The zero-order chi connectivity index (χ0) is 6.53. The highest BCUT2D eigenvalue weighted by atomic mass is 15.5. The number of rotatable bonds is 3. The Morgan fingerprint density at radius 2 is 2.56 bits per heavy atom. The van der Waals surface area contributed by atoms with Crippen LogP contribution in [0.5, 0.6) is 0 Å². The molecule has 5 nitrogen and oxygen atoms in total. The lowest BCUT2D eigenvalue weighted by Crippen LogP contribution is -2.12. The molecule has 0 fully saturated rings. The molecular formula is C4H9N5. The molecule has 0 unspecified atom stereocenters. The topological polar surface area (TPSA) is 66.5 Å². The van der Waals surface area contributed by atoms with Crippen molar-refractivity contribution in [2.45, 2.75) is 13.5 Å². The smallest absolute Gasteiger partial charge is 0.188 e. The van der Waals surface area contributed by atoms with Crippen LogP contribution in [-0.2, 0) is 6.54 Å². The van der Waals surface area contributed by atoms with Crippen molar-refractivity contribution in [3.05, 3.63) is 5.82 Å². The van der Waals surface area contributed by atoms with Crippen LogP contribution < -0.4 is 5.32 Å². The third-order valence-corrected chi connectivity index (χ3v) is 0.922. The summed E-state index contributed by atoms with van der Waals surface area (Å²) in [7, 11) is 0. The van der Waals surface area contributed by atoms with E-state index in [1.165, 1.54) is 0 Å². The number of aromatic amines is 1. The lowest BCUT2D eigenvalue weighted by atomic mass is 10.6. The third-order valence-electron chi connectivity index (χ3n) is 0.922. The summed E-state index contributed by atoms with van der Waals surface area (Å²) in [5.41, 5.74) is 0. The van der Waals surface area contributed by atoms with Gasteiger partial charge in [0, 0.05) is 0 Å². The summed E-state index contributed by atoms with van der Waals surface area (Å²) >= 11 is 0. The molecule has 0 aliphatic carbocycles. The van der Waals surface area contributed by atoms with Gasteiger partial charge in [0.1, 0.15) is 0 Å². The normalized spacial score (nSPS) is 9.89. The van der Waals surface area contributed by atoms with E-state index in [4.69, 9.17) is 0 Å². The van der Waals surface area contributed by atoms with Crippen molar-refractivity contribution in [1.29, 1.82) is 0 Å². The average Bonchev–Trinajstić information content (AvgIpc) is 2.34. The Labute approximate surface area is 52.8 Å². The highest BCUT2D eigenvalue weighted by Crippen LogP contribution is 1.78. The van der Waals surface area contributed by atoms with E-state index in [0.29, 0.717) is 12.4 Å². The summed E-state index contributed by atoms with van der Waals surface area (Å²) in [5, 5.41) is 16.3. The maximum absolute atomic E-state index is 3.74. The summed E-state index contributed by atoms with van der Waals surface area (Å²) < 4.78 is 0. The quantitative estimate of drug-likeness (QED) is 0.564. The van der Waals surface area contributed by atoms with Crippen LogP contribution in [0.25, 0.3) is 0 Å². The molecule has 0 saturated heterocycles. The Morgan fingerprint density at radius 1 is 1.67 bits per heavy atom. The fourth-order valence-corrected chi connectivity index (χ4v) is 0.494. The van der Waals surface area contributed by atoms with E-state index in [2.05, 4.69) is 25.9 Å². The van der Waals surface area contributed by atoms with Gasteiger partial charge in [-0.3, -0.25) is 0 Å². The van der Waals surface area contributed by atoms with Crippen LogP contribution in [0.3, 0.4) is 0 Å². The Morgan fingerprint density at radius 3 is 3.11 bits per heavy atom. The SMILES string of the molecule is CCNCc1nn[nH]n1. The molecule has 9 heavy (non-hydrogen) atoms. The fraction of sp³-hybridized carbons (Fsp3) is 0.750. The lowest BCUT2D eigenvalue weighted by molar-refractivity contribution is 0.692. The molecule has 0 amide bonds. The highest BCUT2D eigenvalue weighted by Gasteiger charge is 1.92. The van der Waals surface area contributed by atoms with Crippen LogP contribution >= 0.6 is 0 Å². The Bertz CT molecular complexity index is 146. The molecule has 0 aliphatic heterocycles. The monoisotopic (exact) mass is 127 g/mol. The Kier molecular flexibility index (Phi) is 2.14. The maximum Gasteiger partial charge on any atom is 0.188 e. The van der Waals surface area contributed by atoms with E-state index in [1.54, 1.807) is 0 Å². The average molecular weight is 127 g/mol. The highest BCUT2D eigenvalue weighted by molar-refractivity contribution is 4.72. The van der Waals surface area contributed by atoms with Crippen LogP contribution in [0.4, 0.5) is 0 Å². The first kappa shape index (κ1) is 6.15. The number of hydrogen-bond donors (Lipinski definition) is 2. The molecule has 0 spiro atoms. The van der Waals surface area contributed by atoms with Gasteiger partial charge >= 0.3 is 0 Å². The van der Waals surface area contributed by atoms with Gasteiger partial charge < -0.3 is 5.32 Å². The molecule has 1 heterocycles. The van der Waals surface area contributed by atoms with Crippen LogP contribution in [0.2, 0.25) is 0 Å². The van der Waals surface area contributed by atoms with Crippen molar-refractivity contribution >= 4 is 0 Å². The molecular weight excluding hydrogens is 118 g/mol. The minimum absolute atomic E-state index is 0.688. The number of H-pyrrole nitrogens is 1. The van der Waals surface area contributed by atoms with E-state index in [1.807, 2.05) is 6.92 Å². The van der Waals surface area contributed by atoms with Gasteiger partial charge in [0.25, 0.3) is 0 Å². The van der Waals surface area contributed by atoms with Crippen LogP contribution in [-0.4, -0.2) is 27.2 Å². The summed E-state index contributed by atoms with van der Waals surface area (Å²) in [5.74, 6) is 0.705. The lowest BCUT2D eigenvalue weighted by Gasteiger charge is -1.91. The molecule has 1 aromatic rings. The number of aromatic nitrogens is 4. The maximum atomic E-state index is 3.74. The second-order valence-corrected chi connectivity index (χ2v) is 1.61. The van der Waals surface area contributed by atoms with E-state index >= 15 is 0 Å². The number of hydrogen-bond acceptors (Lipinski definition) is 4. The van der Waals surface area contributed by atoms with Gasteiger partial charge in [-0.15, -0.1) is 10.2 Å². The molecule has 1 rings (SSSR count). The minimum atomic E-state index is 0.688. The van der Waals surface area contributed by atoms with Crippen molar-refractivity contribution in [3.8, 4) is 0 Å². The van der Waals surface area contributed by atoms with Crippen molar-refractivity contribution < 1.29 is 0 Å². The molecule has 1 aromatic heterocycles. The largest absolute Gasteiger partial charge is 0.310 e. The second-order valence-electron chi connectivity index (χ2n) is 1.61. The number of nitrogens with zero attached hydrogens (tertiary/aromatic N) is 3. The number of nitrogens with one attached hydrogen (secondary N) is 2.